The topological polar surface area (TPSA) is 61.5 Å². The van der Waals surface area contributed by atoms with Crippen molar-refractivity contribution < 1.29 is 9.53 Å². The van der Waals surface area contributed by atoms with Gasteiger partial charge in [-0.2, -0.15) is 0 Å². The van der Waals surface area contributed by atoms with Crippen molar-refractivity contribution in [3.8, 4) is 16.9 Å². The Hall–Kier alpha value is -3.64. The van der Waals surface area contributed by atoms with E-state index in [2.05, 4.69) is 63.4 Å². The molecule has 1 N–H and O–H groups in total. The number of pyridine rings is 1. The molecule has 5 rings (SSSR count). The predicted molar refractivity (Wildman–Crippen MR) is 139 cm³/mol. The van der Waals surface area contributed by atoms with Crippen LogP contribution in [-0.4, -0.2) is 59.0 Å². The number of ether oxygens (including phenoxy) is 1. The number of aromatic amines is 1. The number of rotatable bonds is 6. The Morgan fingerprint density at radius 3 is 2.69 bits per heavy atom. The van der Waals surface area contributed by atoms with E-state index >= 15 is 0 Å². The molecule has 3 heterocycles. The van der Waals surface area contributed by atoms with E-state index in [9.17, 15) is 4.79 Å². The van der Waals surface area contributed by atoms with Crippen molar-refractivity contribution in [2.24, 2.45) is 5.92 Å². The summed E-state index contributed by atoms with van der Waals surface area (Å²) in [6.45, 7) is 5.80. The molecule has 0 spiro atoms. The van der Waals surface area contributed by atoms with E-state index in [-0.39, 0.29) is 5.91 Å². The Morgan fingerprint density at radius 2 is 1.86 bits per heavy atom. The number of carbonyl (C=O) groups excluding carboxylic acids is 1. The zero-order valence-corrected chi connectivity index (χ0v) is 20.4. The molecule has 2 aromatic carbocycles. The third-order valence-electron chi connectivity index (χ3n) is 6.92. The molecule has 4 aromatic rings. The molecule has 2 aromatic heterocycles. The van der Waals surface area contributed by atoms with Gasteiger partial charge in [-0.15, -0.1) is 0 Å². The zero-order valence-electron chi connectivity index (χ0n) is 20.4. The summed E-state index contributed by atoms with van der Waals surface area (Å²) < 4.78 is 5.65. The number of nitrogens with one attached hydrogen (secondary N) is 1. The Kier molecular flexibility index (Phi) is 6.82. The number of amides is 1. The minimum absolute atomic E-state index is 0.144. The number of fused-ring (bicyclic) bond motifs is 1. The molecular weight excluding hydrogens is 436 g/mol. The second-order valence-electron chi connectivity index (χ2n) is 9.39. The van der Waals surface area contributed by atoms with Crippen LogP contribution in [0.5, 0.6) is 5.75 Å². The van der Waals surface area contributed by atoms with Crippen molar-refractivity contribution in [3.63, 3.8) is 0 Å². The predicted octanol–water partition coefficient (Wildman–Crippen LogP) is 4.76. The van der Waals surface area contributed by atoms with Gasteiger partial charge < -0.3 is 14.6 Å². The third kappa shape index (κ3) is 5.23. The van der Waals surface area contributed by atoms with Crippen LogP contribution in [0.1, 0.15) is 18.1 Å². The Balaban J connectivity index is 1.39. The highest BCUT2D eigenvalue weighted by atomic mass is 16.5. The Morgan fingerprint density at radius 1 is 1.06 bits per heavy atom. The van der Waals surface area contributed by atoms with Crippen molar-refractivity contribution in [1.29, 1.82) is 0 Å². The van der Waals surface area contributed by atoms with Crippen LogP contribution in [0.3, 0.4) is 0 Å². The SMILES string of the molecule is COc1ccccc1-c1ccccc1CN1CCN(C(C)=O)C[C@H](Cc2cnc3[nH]ccc3c2)C1. The number of hydrogen-bond acceptors (Lipinski definition) is 4. The van der Waals surface area contributed by atoms with Gasteiger partial charge in [-0.3, -0.25) is 9.69 Å². The van der Waals surface area contributed by atoms with Crippen molar-refractivity contribution in [1.82, 2.24) is 19.8 Å². The molecule has 1 atom stereocenters. The summed E-state index contributed by atoms with van der Waals surface area (Å²) in [6, 6.07) is 21.0. The highest BCUT2D eigenvalue weighted by Gasteiger charge is 2.25. The van der Waals surface area contributed by atoms with Crippen LogP contribution < -0.4 is 4.74 Å². The van der Waals surface area contributed by atoms with E-state index in [1.54, 1.807) is 14.0 Å². The van der Waals surface area contributed by atoms with E-state index < -0.39 is 0 Å². The van der Waals surface area contributed by atoms with Gasteiger partial charge in [-0.25, -0.2) is 4.98 Å². The van der Waals surface area contributed by atoms with Crippen LogP contribution in [0.25, 0.3) is 22.2 Å². The summed E-state index contributed by atoms with van der Waals surface area (Å²) in [5, 5.41) is 1.13. The molecule has 1 fully saturated rings. The van der Waals surface area contributed by atoms with Gasteiger partial charge in [-0.1, -0.05) is 42.5 Å². The fraction of sp³-hybridized carbons (Fsp3) is 0.310. The second kappa shape index (κ2) is 10.3. The van der Waals surface area contributed by atoms with Gasteiger partial charge in [0, 0.05) is 63.0 Å². The molecule has 0 radical (unpaired) electrons. The van der Waals surface area contributed by atoms with E-state index in [4.69, 9.17) is 4.74 Å². The van der Waals surface area contributed by atoms with Gasteiger partial charge in [-0.05, 0) is 47.2 Å². The average Bonchev–Trinajstić information content (AvgIpc) is 3.25. The van der Waals surface area contributed by atoms with Gasteiger partial charge >= 0.3 is 0 Å². The van der Waals surface area contributed by atoms with Crippen LogP contribution in [0.2, 0.25) is 0 Å². The summed E-state index contributed by atoms with van der Waals surface area (Å²) in [4.78, 5) is 24.6. The molecule has 180 valence electrons. The first-order valence-corrected chi connectivity index (χ1v) is 12.2. The molecule has 35 heavy (non-hydrogen) atoms. The van der Waals surface area contributed by atoms with Crippen molar-refractivity contribution in [2.75, 3.05) is 33.3 Å². The van der Waals surface area contributed by atoms with Gasteiger partial charge in [0.1, 0.15) is 11.4 Å². The number of para-hydroxylation sites is 1. The van der Waals surface area contributed by atoms with E-state index in [0.717, 1.165) is 61.5 Å². The molecular formula is C29H32N4O2. The molecule has 6 heteroatoms. The molecule has 1 aliphatic rings. The van der Waals surface area contributed by atoms with E-state index in [0.29, 0.717) is 5.92 Å². The largest absolute Gasteiger partial charge is 0.496 e. The van der Waals surface area contributed by atoms with Crippen molar-refractivity contribution in [2.45, 2.75) is 19.9 Å². The standard InChI is InChI=1S/C29H32N4O2/c1-21(34)33-14-13-32(18-23(19-33)15-22-16-24-11-12-30-29(24)31-17-22)20-25-7-3-4-8-26(25)27-9-5-6-10-28(27)35-2/h3-12,16-17,23H,13-15,18-20H2,1-2H3,(H,30,31)/t23-/m1/s1. The molecule has 1 saturated heterocycles. The number of H-pyrrole nitrogens is 1. The van der Waals surface area contributed by atoms with Crippen molar-refractivity contribution >= 4 is 16.9 Å². The number of aromatic nitrogens is 2. The zero-order chi connectivity index (χ0) is 24.2. The maximum atomic E-state index is 12.3. The highest BCUT2D eigenvalue weighted by Crippen LogP contribution is 2.33. The minimum atomic E-state index is 0.144. The number of methoxy groups -OCH3 is 1. The molecule has 0 aliphatic carbocycles. The van der Waals surface area contributed by atoms with E-state index in [1.165, 1.54) is 16.7 Å². The number of nitrogens with zero attached hydrogens (tertiary/aromatic N) is 3. The van der Waals surface area contributed by atoms with Gasteiger partial charge in [0.2, 0.25) is 5.91 Å². The van der Waals surface area contributed by atoms with Crippen LogP contribution in [0, 0.1) is 5.92 Å². The summed E-state index contributed by atoms with van der Waals surface area (Å²) in [7, 11) is 1.72. The van der Waals surface area contributed by atoms with Crippen LogP contribution in [-0.2, 0) is 17.8 Å². The summed E-state index contributed by atoms with van der Waals surface area (Å²) in [6.07, 6.45) is 4.77. The molecule has 1 amide bonds. The fourth-order valence-electron chi connectivity index (χ4n) is 5.20. The maximum Gasteiger partial charge on any atom is 0.219 e. The van der Waals surface area contributed by atoms with Crippen LogP contribution >= 0.6 is 0 Å². The lowest BCUT2D eigenvalue weighted by atomic mass is 9.97. The average molecular weight is 469 g/mol. The number of hydrogen-bond donors (Lipinski definition) is 1. The smallest absolute Gasteiger partial charge is 0.219 e. The monoisotopic (exact) mass is 468 g/mol. The van der Waals surface area contributed by atoms with Gasteiger partial charge in [0.15, 0.2) is 0 Å². The molecule has 0 bridgehead atoms. The Labute approximate surface area is 206 Å². The fourth-order valence-corrected chi connectivity index (χ4v) is 5.20. The third-order valence-corrected chi connectivity index (χ3v) is 6.92. The second-order valence-corrected chi connectivity index (χ2v) is 9.39. The lowest BCUT2D eigenvalue weighted by Gasteiger charge is -2.25. The minimum Gasteiger partial charge on any atom is -0.496 e. The normalized spacial score (nSPS) is 16.9. The number of carbonyl (C=O) groups is 1. The first-order valence-electron chi connectivity index (χ1n) is 12.2. The molecule has 0 unspecified atom stereocenters. The van der Waals surface area contributed by atoms with E-state index in [1.807, 2.05) is 29.4 Å². The molecule has 0 saturated carbocycles. The first kappa shape index (κ1) is 23.1. The van der Waals surface area contributed by atoms with Crippen LogP contribution in [0.15, 0.2) is 73.1 Å². The summed E-state index contributed by atoms with van der Waals surface area (Å²) >= 11 is 0. The Bertz CT molecular complexity index is 1310. The van der Waals surface area contributed by atoms with Crippen LogP contribution in [0.4, 0.5) is 0 Å². The van der Waals surface area contributed by atoms with Gasteiger partial charge in [0.05, 0.1) is 7.11 Å². The van der Waals surface area contributed by atoms with Gasteiger partial charge in [0.25, 0.3) is 0 Å². The summed E-state index contributed by atoms with van der Waals surface area (Å²) in [5.74, 6) is 1.35. The quantitative estimate of drug-likeness (QED) is 0.443. The maximum absolute atomic E-state index is 12.3. The first-order chi connectivity index (χ1) is 17.1. The van der Waals surface area contributed by atoms with Crippen molar-refractivity contribution in [3.05, 3.63) is 84.2 Å². The number of benzene rings is 2. The molecule has 1 aliphatic heterocycles. The lowest BCUT2D eigenvalue weighted by molar-refractivity contribution is -0.129. The lowest BCUT2D eigenvalue weighted by Crippen LogP contribution is -2.34. The molecule has 6 nitrogen and oxygen atoms in total. The summed E-state index contributed by atoms with van der Waals surface area (Å²) in [5.41, 5.74) is 5.68. The highest BCUT2D eigenvalue weighted by molar-refractivity contribution is 5.76.